The SMILES string of the molecule is NC(CC(O)C1NC2CCCCC2O1)C1CCC2C(=O)N(C3CCC(F)CC3)C(CCCCC(=O)O)NC2C1. The summed E-state index contributed by atoms with van der Waals surface area (Å²) in [4.78, 5) is 26.8. The monoisotopic (exact) mass is 552 g/mol. The number of aliphatic hydroxyl groups excluding tert-OH is 1. The number of hydrogen-bond acceptors (Lipinski definition) is 7. The van der Waals surface area contributed by atoms with Gasteiger partial charge in [-0.25, -0.2) is 4.39 Å². The Labute approximate surface area is 231 Å². The number of carbonyl (C=O) groups excluding carboxylic acids is 1. The molecule has 2 aliphatic heterocycles. The van der Waals surface area contributed by atoms with E-state index in [1.807, 2.05) is 4.90 Å². The standard InChI is InChI=1S/C29H49FN4O5/c30-18-10-12-19(13-11-18)34-26(7-3-4-8-27(36)37)32-23-15-17(9-14-20(23)29(34)38)21(31)16-24(35)28-33-22-5-1-2-6-25(22)39-28/h17-26,28,32-33,35H,1-16,31H2,(H,36,37). The van der Waals surface area contributed by atoms with E-state index in [0.717, 1.165) is 38.5 Å². The molecule has 6 N–H and O–H groups in total. The first-order valence-corrected chi connectivity index (χ1v) is 15.6. The van der Waals surface area contributed by atoms with Crippen molar-refractivity contribution in [2.24, 2.45) is 17.6 Å². The number of hydrogen-bond donors (Lipinski definition) is 5. The summed E-state index contributed by atoms with van der Waals surface area (Å²) in [6, 6.07) is 0.206. The number of nitrogens with two attached hydrogens (primary N) is 1. The van der Waals surface area contributed by atoms with Crippen LogP contribution in [0, 0.1) is 11.8 Å². The molecular formula is C29H49FN4O5. The van der Waals surface area contributed by atoms with Crippen molar-refractivity contribution in [1.29, 1.82) is 0 Å². The molecule has 3 saturated carbocycles. The van der Waals surface area contributed by atoms with Crippen molar-refractivity contribution in [2.45, 2.75) is 158 Å². The number of fused-ring (bicyclic) bond motifs is 2. The number of alkyl halides is 1. The third-order valence-electron chi connectivity index (χ3n) is 10.2. The summed E-state index contributed by atoms with van der Waals surface area (Å²) in [6.07, 6.45) is 10.1. The molecule has 0 bridgehead atoms. The number of aliphatic hydroxyl groups is 1. The highest BCUT2D eigenvalue weighted by atomic mass is 19.1. The minimum Gasteiger partial charge on any atom is -0.481 e. The maximum absolute atomic E-state index is 13.9. The fourth-order valence-corrected chi connectivity index (χ4v) is 8.01. The first-order valence-electron chi connectivity index (χ1n) is 15.6. The molecule has 39 heavy (non-hydrogen) atoms. The second-order valence-corrected chi connectivity index (χ2v) is 12.9. The van der Waals surface area contributed by atoms with Crippen LogP contribution in [0.3, 0.4) is 0 Å². The molecule has 2 heterocycles. The zero-order valence-corrected chi connectivity index (χ0v) is 23.2. The third-order valence-corrected chi connectivity index (χ3v) is 10.2. The normalized spacial score (nSPS) is 40.5. The number of amides is 1. The minimum absolute atomic E-state index is 0.0152. The molecule has 3 aliphatic carbocycles. The van der Waals surface area contributed by atoms with Crippen molar-refractivity contribution in [2.75, 3.05) is 0 Å². The lowest BCUT2D eigenvalue weighted by atomic mass is 9.72. The van der Waals surface area contributed by atoms with E-state index < -0.39 is 18.2 Å². The smallest absolute Gasteiger partial charge is 0.303 e. The van der Waals surface area contributed by atoms with Crippen LogP contribution >= 0.6 is 0 Å². The highest BCUT2D eigenvalue weighted by molar-refractivity contribution is 5.81. The molecule has 9 unspecified atom stereocenters. The average molecular weight is 553 g/mol. The van der Waals surface area contributed by atoms with Gasteiger partial charge in [0.1, 0.15) is 12.4 Å². The van der Waals surface area contributed by atoms with Crippen molar-refractivity contribution in [3.63, 3.8) is 0 Å². The number of carboxylic acids is 1. The molecule has 9 atom stereocenters. The van der Waals surface area contributed by atoms with Gasteiger partial charge in [-0.05, 0) is 89.4 Å². The van der Waals surface area contributed by atoms with E-state index in [-0.39, 0.29) is 60.8 Å². The number of aliphatic carboxylic acids is 1. The molecule has 5 fully saturated rings. The second-order valence-electron chi connectivity index (χ2n) is 12.9. The highest BCUT2D eigenvalue weighted by Gasteiger charge is 2.48. The molecule has 0 spiro atoms. The maximum Gasteiger partial charge on any atom is 0.303 e. The van der Waals surface area contributed by atoms with Gasteiger partial charge in [-0.3, -0.25) is 20.2 Å². The number of halogens is 1. The third kappa shape index (κ3) is 6.94. The van der Waals surface area contributed by atoms with Crippen molar-refractivity contribution < 1.29 is 28.9 Å². The van der Waals surface area contributed by atoms with Crippen LogP contribution in [-0.2, 0) is 14.3 Å². The van der Waals surface area contributed by atoms with Gasteiger partial charge in [-0.1, -0.05) is 12.8 Å². The van der Waals surface area contributed by atoms with Gasteiger partial charge in [-0.2, -0.15) is 0 Å². The second kappa shape index (κ2) is 13.1. The van der Waals surface area contributed by atoms with Gasteiger partial charge in [0.25, 0.3) is 0 Å². The Morgan fingerprint density at radius 2 is 1.82 bits per heavy atom. The number of unbranched alkanes of at least 4 members (excludes halogenated alkanes) is 1. The van der Waals surface area contributed by atoms with Crippen molar-refractivity contribution in [3.8, 4) is 0 Å². The van der Waals surface area contributed by atoms with E-state index in [0.29, 0.717) is 51.0 Å². The number of nitrogens with zero attached hydrogens (tertiary/aromatic N) is 1. The van der Waals surface area contributed by atoms with Crippen LogP contribution in [0.5, 0.6) is 0 Å². The molecule has 0 radical (unpaired) electrons. The topological polar surface area (TPSA) is 137 Å². The lowest BCUT2D eigenvalue weighted by Crippen LogP contribution is -2.67. The Bertz CT molecular complexity index is 828. The first-order chi connectivity index (χ1) is 18.8. The quantitative estimate of drug-likeness (QED) is 0.261. The van der Waals surface area contributed by atoms with E-state index in [9.17, 15) is 19.1 Å². The van der Waals surface area contributed by atoms with Gasteiger partial charge in [0.05, 0.1) is 24.3 Å². The number of nitrogens with one attached hydrogen (secondary N) is 2. The van der Waals surface area contributed by atoms with Crippen LogP contribution in [0.25, 0.3) is 0 Å². The lowest BCUT2D eigenvalue weighted by Gasteiger charge is -2.52. The Hall–Kier alpha value is -1.33. The van der Waals surface area contributed by atoms with Gasteiger partial charge in [0, 0.05) is 30.6 Å². The summed E-state index contributed by atoms with van der Waals surface area (Å²) in [5.74, 6) is -0.544. The van der Waals surface area contributed by atoms with Crippen molar-refractivity contribution in [3.05, 3.63) is 0 Å². The summed E-state index contributed by atoms with van der Waals surface area (Å²) in [6.45, 7) is 0. The number of ether oxygens (including phenoxy) is 1. The summed E-state index contributed by atoms with van der Waals surface area (Å²) in [5.41, 5.74) is 6.68. The fraction of sp³-hybridized carbons (Fsp3) is 0.931. The molecule has 1 amide bonds. The zero-order chi connectivity index (χ0) is 27.5. The zero-order valence-electron chi connectivity index (χ0n) is 23.2. The molecule has 0 aromatic heterocycles. The van der Waals surface area contributed by atoms with Crippen LogP contribution in [0.4, 0.5) is 4.39 Å². The van der Waals surface area contributed by atoms with Crippen LogP contribution in [-0.4, -0.2) is 81.9 Å². The van der Waals surface area contributed by atoms with Crippen molar-refractivity contribution in [1.82, 2.24) is 15.5 Å². The minimum atomic E-state index is -0.802. The summed E-state index contributed by atoms with van der Waals surface area (Å²) in [5, 5.41) is 27.2. The van der Waals surface area contributed by atoms with Gasteiger partial charge in [-0.15, -0.1) is 0 Å². The van der Waals surface area contributed by atoms with Crippen LogP contribution in [0.15, 0.2) is 0 Å². The molecule has 222 valence electrons. The molecule has 9 nitrogen and oxygen atoms in total. The maximum atomic E-state index is 13.9. The predicted molar refractivity (Wildman–Crippen MR) is 144 cm³/mol. The van der Waals surface area contributed by atoms with Gasteiger partial charge in [0.15, 0.2) is 0 Å². The van der Waals surface area contributed by atoms with E-state index in [1.165, 1.54) is 12.8 Å². The first kappa shape index (κ1) is 29.2. The summed E-state index contributed by atoms with van der Waals surface area (Å²) in [7, 11) is 0. The Balaban J connectivity index is 1.18. The number of carbonyl (C=O) groups is 2. The van der Waals surface area contributed by atoms with Crippen LogP contribution in [0.2, 0.25) is 0 Å². The Morgan fingerprint density at radius 1 is 1.05 bits per heavy atom. The molecule has 10 heteroatoms. The molecule has 2 saturated heterocycles. The largest absolute Gasteiger partial charge is 0.481 e. The van der Waals surface area contributed by atoms with Crippen LogP contribution in [0.1, 0.15) is 103 Å². The molecule has 5 rings (SSSR count). The molecular weight excluding hydrogens is 503 g/mol. The average Bonchev–Trinajstić information content (AvgIpc) is 3.36. The summed E-state index contributed by atoms with van der Waals surface area (Å²) >= 11 is 0. The Kier molecular flexibility index (Phi) is 9.80. The molecule has 0 aromatic carbocycles. The summed E-state index contributed by atoms with van der Waals surface area (Å²) < 4.78 is 20.0. The number of carboxylic acid groups (broad SMARTS) is 1. The fourth-order valence-electron chi connectivity index (χ4n) is 8.01. The van der Waals surface area contributed by atoms with Crippen molar-refractivity contribution >= 4 is 11.9 Å². The Morgan fingerprint density at radius 3 is 2.56 bits per heavy atom. The highest BCUT2D eigenvalue weighted by Crippen LogP contribution is 2.39. The van der Waals surface area contributed by atoms with E-state index in [2.05, 4.69) is 10.6 Å². The molecule has 5 aliphatic rings. The van der Waals surface area contributed by atoms with Gasteiger partial charge < -0.3 is 25.6 Å². The van der Waals surface area contributed by atoms with E-state index in [4.69, 9.17) is 15.6 Å². The van der Waals surface area contributed by atoms with Gasteiger partial charge >= 0.3 is 5.97 Å². The van der Waals surface area contributed by atoms with E-state index >= 15 is 0 Å². The lowest BCUT2D eigenvalue weighted by molar-refractivity contribution is -0.153. The van der Waals surface area contributed by atoms with Crippen LogP contribution < -0.4 is 16.4 Å². The van der Waals surface area contributed by atoms with Gasteiger partial charge in [0.2, 0.25) is 5.91 Å². The number of rotatable bonds is 10. The molecule has 0 aromatic rings. The predicted octanol–water partition coefficient (Wildman–Crippen LogP) is 2.79. The van der Waals surface area contributed by atoms with E-state index in [1.54, 1.807) is 0 Å².